The number of halogens is 2. The minimum Gasteiger partial charge on any atom is -0.463 e. The van der Waals surface area contributed by atoms with Crippen LogP contribution < -0.4 is 5.32 Å². The summed E-state index contributed by atoms with van der Waals surface area (Å²) in [5, 5.41) is 3.79. The molecule has 3 atom stereocenters. The Bertz CT molecular complexity index is 816. The van der Waals surface area contributed by atoms with Gasteiger partial charge in [-0.05, 0) is 29.7 Å². The average Bonchev–Trinajstić information content (AvgIpc) is 2.69. The lowest BCUT2D eigenvalue weighted by atomic mass is 9.98. The SMILES string of the molecule is O=CC1=CS[C@H]2C(NC(=O)c3ccc(Br)cc3)C(=O)N2C1C(=O)OCCI. The predicted molar refractivity (Wildman–Crippen MR) is 111 cm³/mol. The second-order valence-corrected chi connectivity index (χ2v) is 8.71. The van der Waals surface area contributed by atoms with Gasteiger partial charge in [0.2, 0.25) is 5.91 Å². The highest BCUT2D eigenvalue weighted by atomic mass is 127. The maximum absolute atomic E-state index is 12.6. The van der Waals surface area contributed by atoms with Crippen molar-refractivity contribution in [1.82, 2.24) is 10.2 Å². The van der Waals surface area contributed by atoms with Gasteiger partial charge in [0.1, 0.15) is 24.3 Å². The number of alkyl halides is 1. The molecule has 2 heterocycles. The van der Waals surface area contributed by atoms with E-state index in [4.69, 9.17) is 4.74 Å². The molecule has 0 radical (unpaired) electrons. The third-order valence-corrected chi connectivity index (χ3v) is 6.25. The van der Waals surface area contributed by atoms with Gasteiger partial charge in [-0.1, -0.05) is 38.5 Å². The molecule has 1 N–H and O–H groups in total. The van der Waals surface area contributed by atoms with Crippen LogP contribution in [0.15, 0.2) is 39.7 Å². The molecular formula is C17H14BrIN2O5S. The first-order valence-corrected chi connectivity index (χ1v) is 11.2. The van der Waals surface area contributed by atoms with Crippen LogP contribution in [0.1, 0.15) is 10.4 Å². The number of hydrogen-bond donors (Lipinski definition) is 1. The molecule has 3 rings (SSSR count). The number of carbonyl (C=O) groups excluding carboxylic acids is 4. The van der Waals surface area contributed by atoms with Crippen molar-refractivity contribution in [3.63, 3.8) is 0 Å². The third-order valence-electron chi connectivity index (χ3n) is 4.09. The first kappa shape index (κ1) is 20.3. The van der Waals surface area contributed by atoms with Crippen LogP contribution in [-0.2, 0) is 19.1 Å². The molecule has 2 aliphatic rings. The maximum atomic E-state index is 12.6. The van der Waals surface area contributed by atoms with Gasteiger partial charge in [0.05, 0.1) is 0 Å². The van der Waals surface area contributed by atoms with Crippen molar-refractivity contribution in [3.8, 4) is 0 Å². The molecule has 1 fully saturated rings. The predicted octanol–water partition coefficient (Wildman–Crippen LogP) is 1.89. The van der Waals surface area contributed by atoms with Gasteiger partial charge in [-0.25, -0.2) is 4.79 Å². The topological polar surface area (TPSA) is 92.8 Å². The summed E-state index contributed by atoms with van der Waals surface area (Å²) in [5.74, 6) is -1.43. The second kappa shape index (κ2) is 8.74. The van der Waals surface area contributed by atoms with Gasteiger partial charge in [-0.3, -0.25) is 14.4 Å². The van der Waals surface area contributed by atoms with E-state index in [0.717, 1.165) is 4.47 Å². The molecule has 7 nitrogen and oxygen atoms in total. The van der Waals surface area contributed by atoms with Crippen molar-refractivity contribution in [2.45, 2.75) is 17.5 Å². The highest BCUT2D eigenvalue weighted by Gasteiger charge is 2.56. The van der Waals surface area contributed by atoms with Gasteiger partial charge in [0.25, 0.3) is 5.91 Å². The van der Waals surface area contributed by atoms with Crippen molar-refractivity contribution in [2.24, 2.45) is 0 Å². The van der Waals surface area contributed by atoms with E-state index >= 15 is 0 Å². The molecule has 27 heavy (non-hydrogen) atoms. The Labute approximate surface area is 181 Å². The molecule has 0 aliphatic carbocycles. The van der Waals surface area contributed by atoms with E-state index in [1.54, 1.807) is 29.7 Å². The molecule has 0 bridgehead atoms. The molecule has 10 heteroatoms. The molecule has 1 aromatic carbocycles. The molecule has 1 aromatic rings. The van der Waals surface area contributed by atoms with Crippen LogP contribution in [0.2, 0.25) is 0 Å². The Balaban J connectivity index is 1.74. The number of rotatable bonds is 6. The lowest BCUT2D eigenvalue weighted by molar-refractivity contribution is -0.162. The van der Waals surface area contributed by atoms with E-state index < -0.39 is 29.3 Å². The molecular weight excluding hydrogens is 551 g/mol. The monoisotopic (exact) mass is 564 g/mol. The standard InChI is InChI=1S/C17H14BrIN2O5S/c18-11-3-1-9(2-4-11)14(23)20-12-15(24)21-13(17(25)26-6-5-19)10(7-22)8-27-16(12)21/h1-4,7-8,12-13,16H,5-6H2,(H,20,23)/t12?,13?,16-/m0/s1. The van der Waals surface area contributed by atoms with Crippen molar-refractivity contribution < 1.29 is 23.9 Å². The number of nitrogens with one attached hydrogen (secondary N) is 1. The van der Waals surface area contributed by atoms with Gasteiger partial charge in [-0.15, -0.1) is 11.8 Å². The van der Waals surface area contributed by atoms with E-state index in [-0.39, 0.29) is 18.1 Å². The Hall–Kier alpha value is -1.40. The van der Waals surface area contributed by atoms with Crippen LogP contribution in [0, 0.1) is 0 Å². The van der Waals surface area contributed by atoms with E-state index in [9.17, 15) is 19.2 Å². The summed E-state index contributed by atoms with van der Waals surface area (Å²) in [5.41, 5.74) is 0.605. The van der Waals surface area contributed by atoms with Gasteiger partial charge in [0, 0.05) is 20.0 Å². The zero-order valence-corrected chi connectivity index (χ0v) is 18.3. The summed E-state index contributed by atoms with van der Waals surface area (Å²) in [4.78, 5) is 49.9. The molecule has 0 aromatic heterocycles. The number of esters is 1. The fourth-order valence-corrected chi connectivity index (χ4v) is 4.46. The summed E-state index contributed by atoms with van der Waals surface area (Å²) in [6.45, 7) is 0.200. The van der Waals surface area contributed by atoms with E-state index in [2.05, 4.69) is 43.8 Å². The zero-order chi connectivity index (χ0) is 19.6. The molecule has 0 spiro atoms. The number of thioether (sulfide) groups is 1. The Morgan fingerprint density at radius 1 is 1.33 bits per heavy atom. The van der Waals surface area contributed by atoms with Gasteiger partial charge < -0.3 is 15.0 Å². The van der Waals surface area contributed by atoms with E-state index in [1.165, 1.54) is 16.7 Å². The highest BCUT2D eigenvalue weighted by Crippen LogP contribution is 2.39. The summed E-state index contributed by atoms with van der Waals surface area (Å²) < 4.78 is 6.56. The smallest absolute Gasteiger partial charge is 0.333 e. The Morgan fingerprint density at radius 3 is 2.67 bits per heavy atom. The third kappa shape index (κ3) is 4.06. The molecule has 142 valence electrons. The lowest BCUT2D eigenvalue weighted by Gasteiger charge is -2.51. The quantitative estimate of drug-likeness (QED) is 0.186. The van der Waals surface area contributed by atoms with Crippen LogP contribution in [0.4, 0.5) is 0 Å². The minimum atomic E-state index is -1.06. The molecule has 2 aliphatic heterocycles. The van der Waals surface area contributed by atoms with Gasteiger partial charge in [-0.2, -0.15) is 0 Å². The summed E-state index contributed by atoms with van der Waals surface area (Å²) >= 11 is 6.58. The number of hydrogen-bond acceptors (Lipinski definition) is 6. The summed E-state index contributed by atoms with van der Waals surface area (Å²) in [6, 6.07) is 4.92. The van der Waals surface area contributed by atoms with E-state index in [1.807, 2.05) is 0 Å². The molecule has 2 amide bonds. The largest absolute Gasteiger partial charge is 0.463 e. The number of benzene rings is 1. The van der Waals surface area contributed by atoms with Crippen LogP contribution in [0.3, 0.4) is 0 Å². The Kier molecular flexibility index (Phi) is 6.58. The fourth-order valence-electron chi connectivity index (χ4n) is 2.80. The number of β-lactam (4-membered cyclic amide) rings is 1. The van der Waals surface area contributed by atoms with Crippen molar-refractivity contribution in [2.75, 3.05) is 11.0 Å². The second-order valence-electron chi connectivity index (χ2n) is 5.72. The van der Waals surface area contributed by atoms with Crippen molar-refractivity contribution in [3.05, 3.63) is 45.3 Å². The fraction of sp³-hybridized carbons (Fsp3) is 0.294. The van der Waals surface area contributed by atoms with Gasteiger partial charge >= 0.3 is 5.97 Å². The first-order valence-electron chi connectivity index (χ1n) is 7.90. The number of carbonyl (C=O) groups is 4. The normalized spacial score (nSPS) is 23.6. The Morgan fingerprint density at radius 2 is 2.04 bits per heavy atom. The molecule has 1 saturated heterocycles. The lowest BCUT2D eigenvalue weighted by Crippen LogP contribution is -2.74. The maximum Gasteiger partial charge on any atom is 0.333 e. The van der Waals surface area contributed by atoms with Crippen LogP contribution in [0.25, 0.3) is 0 Å². The number of nitrogens with zero attached hydrogens (tertiary/aromatic N) is 1. The van der Waals surface area contributed by atoms with Gasteiger partial charge in [0.15, 0.2) is 6.04 Å². The number of amides is 2. The number of fused-ring (bicyclic) bond motifs is 1. The molecule has 0 saturated carbocycles. The number of ether oxygens (including phenoxy) is 1. The highest BCUT2D eigenvalue weighted by molar-refractivity contribution is 14.1. The minimum absolute atomic E-state index is 0.181. The van der Waals surface area contributed by atoms with Crippen LogP contribution in [0.5, 0.6) is 0 Å². The van der Waals surface area contributed by atoms with Crippen molar-refractivity contribution in [1.29, 1.82) is 0 Å². The number of aldehydes is 1. The molecule has 2 unspecified atom stereocenters. The first-order chi connectivity index (χ1) is 13.0. The average molecular weight is 565 g/mol. The van der Waals surface area contributed by atoms with Crippen LogP contribution >= 0.6 is 50.3 Å². The zero-order valence-electron chi connectivity index (χ0n) is 13.8. The van der Waals surface area contributed by atoms with E-state index in [0.29, 0.717) is 16.3 Å². The summed E-state index contributed by atoms with van der Waals surface area (Å²) in [6.07, 6.45) is 0.556. The van der Waals surface area contributed by atoms with Crippen molar-refractivity contribution >= 4 is 74.4 Å². The van der Waals surface area contributed by atoms with Crippen LogP contribution in [-0.4, -0.2) is 57.5 Å². The summed E-state index contributed by atoms with van der Waals surface area (Å²) in [7, 11) is 0.